The van der Waals surface area contributed by atoms with Gasteiger partial charge >= 0.3 is 0 Å². The summed E-state index contributed by atoms with van der Waals surface area (Å²) in [5.74, 6) is 0.603. The van der Waals surface area contributed by atoms with E-state index in [9.17, 15) is 4.79 Å². The molecular weight excluding hydrogens is 252 g/mol. The molecule has 1 aromatic carbocycles. The Hall–Kier alpha value is -1.65. The number of hydrogen-bond acceptors (Lipinski definition) is 3. The first-order valence-electron chi connectivity index (χ1n) is 7.17. The molecule has 0 amide bonds. The van der Waals surface area contributed by atoms with Gasteiger partial charge in [-0.2, -0.15) is 0 Å². The van der Waals surface area contributed by atoms with E-state index in [1.807, 2.05) is 30.5 Å². The van der Waals surface area contributed by atoms with Crippen molar-refractivity contribution in [1.29, 1.82) is 0 Å². The Kier molecular flexibility index (Phi) is 3.85. The van der Waals surface area contributed by atoms with Crippen LogP contribution in [0.4, 0.5) is 0 Å². The minimum Gasteiger partial charge on any atom is -0.381 e. The topological polar surface area (TPSA) is 54.1 Å². The minimum absolute atomic E-state index is 0.0271. The zero-order valence-electron chi connectivity index (χ0n) is 11.7. The second-order valence-electron chi connectivity index (χ2n) is 5.48. The number of pyridine rings is 1. The maximum absolute atomic E-state index is 11.8. The monoisotopic (exact) mass is 272 g/mol. The van der Waals surface area contributed by atoms with Crippen molar-refractivity contribution < 1.29 is 4.74 Å². The second kappa shape index (κ2) is 5.77. The fourth-order valence-electron chi connectivity index (χ4n) is 2.79. The molecule has 0 aliphatic carbocycles. The fourth-order valence-corrected chi connectivity index (χ4v) is 2.79. The average molecular weight is 272 g/mol. The lowest BCUT2D eigenvalue weighted by Crippen LogP contribution is -2.26. The Bertz CT molecular complexity index is 644. The van der Waals surface area contributed by atoms with Gasteiger partial charge in [0.1, 0.15) is 0 Å². The largest absolute Gasteiger partial charge is 0.381 e. The third-order valence-electron chi connectivity index (χ3n) is 4.04. The van der Waals surface area contributed by atoms with Crippen molar-refractivity contribution in [3.05, 3.63) is 46.4 Å². The number of fused-ring (bicyclic) bond motifs is 1. The summed E-state index contributed by atoms with van der Waals surface area (Å²) >= 11 is 0. The molecule has 0 saturated carbocycles. The minimum atomic E-state index is -0.0271. The predicted octanol–water partition coefficient (Wildman–Crippen LogP) is 2.22. The van der Waals surface area contributed by atoms with Gasteiger partial charge in [0.15, 0.2) is 0 Å². The number of rotatable bonds is 4. The maximum Gasteiger partial charge on any atom is 0.255 e. The molecular formula is C16H20N2O2. The highest BCUT2D eigenvalue weighted by molar-refractivity contribution is 5.84. The molecule has 2 aromatic rings. The van der Waals surface area contributed by atoms with E-state index < -0.39 is 0 Å². The third kappa shape index (κ3) is 2.62. The predicted molar refractivity (Wildman–Crippen MR) is 79.9 cm³/mol. The molecule has 1 saturated heterocycles. The SMILES string of the molecule is CC(NCC1CCOC1)c1c[nH]c(=O)c2ccccc12. The van der Waals surface area contributed by atoms with E-state index in [1.54, 1.807) is 0 Å². The molecule has 4 nitrogen and oxygen atoms in total. The van der Waals surface area contributed by atoms with Crippen molar-refractivity contribution in [2.45, 2.75) is 19.4 Å². The molecule has 106 valence electrons. The van der Waals surface area contributed by atoms with Gasteiger partial charge in [0.25, 0.3) is 5.56 Å². The van der Waals surface area contributed by atoms with Crippen molar-refractivity contribution in [1.82, 2.24) is 10.3 Å². The average Bonchev–Trinajstić information content (AvgIpc) is 2.99. The van der Waals surface area contributed by atoms with Crippen LogP contribution < -0.4 is 10.9 Å². The van der Waals surface area contributed by atoms with E-state index in [0.717, 1.165) is 42.5 Å². The van der Waals surface area contributed by atoms with Crippen LogP contribution in [0.1, 0.15) is 24.9 Å². The van der Waals surface area contributed by atoms with Gasteiger partial charge < -0.3 is 15.0 Å². The number of aromatic nitrogens is 1. The Morgan fingerprint density at radius 2 is 2.20 bits per heavy atom. The highest BCUT2D eigenvalue weighted by atomic mass is 16.5. The van der Waals surface area contributed by atoms with Crippen LogP contribution in [0.2, 0.25) is 0 Å². The van der Waals surface area contributed by atoms with Crippen LogP contribution in [0, 0.1) is 5.92 Å². The van der Waals surface area contributed by atoms with E-state index in [1.165, 1.54) is 0 Å². The smallest absolute Gasteiger partial charge is 0.255 e. The molecule has 0 radical (unpaired) electrons. The number of nitrogens with one attached hydrogen (secondary N) is 2. The normalized spacial score (nSPS) is 20.4. The molecule has 0 bridgehead atoms. The number of H-pyrrole nitrogens is 1. The lowest BCUT2D eigenvalue weighted by Gasteiger charge is -2.18. The van der Waals surface area contributed by atoms with Crippen LogP contribution in [0.3, 0.4) is 0 Å². The zero-order chi connectivity index (χ0) is 13.9. The molecule has 3 rings (SSSR count). The Morgan fingerprint density at radius 3 is 2.95 bits per heavy atom. The van der Waals surface area contributed by atoms with Crippen LogP contribution in [-0.2, 0) is 4.74 Å². The van der Waals surface area contributed by atoms with E-state index in [-0.39, 0.29) is 11.6 Å². The quantitative estimate of drug-likeness (QED) is 0.897. The zero-order valence-corrected chi connectivity index (χ0v) is 11.7. The number of benzene rings is 1. The standard InChI is InChI=1S/C16H20N2O2/c1-11(17-8-12-6-7-20-10-12)15-9-18-16(19)14-5-3-2-4-13(14)15/h2-5,9,11-12,17H,6-8,10H2,1H3,(H,18,19). The first-order valence-corrected chi connectivity index (χ1v) is 7.17. The van der Waals surface area contributed by atoms with Crippen LogP contribution in [0.25, 0.3) is 10.8 Å². The number of hydrogen-bond donors (Lipinski definition) is 2. The lowest BCUT2D eigenvalue weighted by molar-refractivity contribution is 0.184. The summed E-state index contributed by atoms with van der Waals surface area (Å²) in [4.78, 5) is 14.7. The molecule has 1 aliphatic rings. The summed E-state index contributed by atoms with van der Waals surface area (Å²) in [6.07, 6.45) is 2.96. The molecule has 20 heavy (non-hydrogen) atoms. The van der Waals surface area contributed by atoms with Gasteiger partial charge in [0.05, 0.1) is 6.61 Å². The second-order valence-corrected chi connectivity index (χ2v) is 5.48. The summed E-state index contributed by atoms with van der Waals surface area (Å²) in [7, 11) is 0. The van der Waals surface area contributed by atoms with Gasteiger partial charge in [0, 0.05) is 30.8 Å². The van der Waals surface area contributed by atoms with Gasteiger partial charge in [-0.15, -0.1) is 0 Å². The van der Waals surface area contributed by atoms with E-state index in [0.29, 0.717) is 5.92 Å². The van der Waals surface area contributed by atoms with Crippen molar-refractivity contribution in [3.8, 4) is 0 Å². The summed E-state index contributed by atoms with van der Waals surface area (Å²) < 4.78 is 5.39. The van der Waals surface area contributed by atoms with Gasteiger partial charge in [-0.25, -0.2) is 0 Å². The van der Waals surface area contributed by atoms with Crippen LogP contribution in [0.5, 0.6) is 0 Å². The van der Waals surface area contributed by atoms with Crippen LogP contribution in [0.15, 0.2) is 35.3 Å². The van der Waals surface area contributed by atoms with E-state index in [2.05, 4.69) is 17.2 Å². The molecule has 1 fully saturated rings. The first kappa shape index (κ1) is 13.3. The summed E-state index contributed by atoms with van der Waals surface area (Å²) in [6.45, 7) is 4.82. The van der Waals surface area contributed by atoms with Crippen molar-refractivity contribution in [3.63, 3.8) is 0 Å². The van der Waals surface area contributed by atoms with E-state index >= 15 is 0 Å². The summed E-state index contributed by atoms with van der Waals surface area (Å²) in [5, 5.41) is 5.33. The molecule has 1 aromatic heterocycles. The van der Waals surface area contributed by atoms with Crippen molar-refractivity contribution in [2.75, 3.05) is 19.8 Å². The number of ether oxygens (including phenoxy) is 1. The summed E-state index contributed by atoms with van der Waals surface area (Å²) in [6, 6.07) is 7.96. The molecule has 0 spiro atoms. The molecule has 2 unspecified atom stereocenters. The Labute approximate surface area is 118 Å². The van der Waals surface area contributed by atoms with Crippen LogP contribution >= 0.6 is 0 Å². The maximum atomic E-state index is 11.8. The van der Waals surface area contributed by atoms with Crippen molar-refractivity contribution >= 4 is 10.8 Å². The van der Waals surface area contributed by atoms with Crippen molar-refractivity contribution in [2.24, 2.45) is 5.92 Å². The number of aromatic amines is 1. The van der Waals surface area contributed by atoms with Gasteiger partial charge in [-0.1, -0.05) is 18.2 Å². The van der Waals surface area contributed by atoms with Crippen LogP contribution in [-0.4, -0.2) is 24.7 Å². The van der Waals surface area contributed by atoms with Gasteiger partial charge in [-0.3, -0.25) is 4.79 Å². The van der Waals surface area contributed by atoms with E-state index in [4.69, 9.17) is 4.74 Å². The lowest BCUT2D eigenvalue weighted by atomic mass is 10.0. The molecule has 1 aliphatic heterocycles. The van der Waals surface area contributed by atoms with Gasteiger partial charge in [0.2, 0.25) is 0 Å². The molecule has 2 N–H and O–H groups in total. The van der Waals surface area contributed by atoms with Gasteiger partial charge in [-0.05, 0) is 36.3 Å². The molecule has 2 heterocycles. The summed E-state index contributed by atoms with van der Waals surface area (Å²) in [5.41, 5.74) is 1.11. The Balaban J connectivity index is 1.82. The first-order chi connectivity index (χ1) is 9.75. The fraction of sp³-hybridized carbons (Fsp3) is 0.438. The third-order valence-corrected chi connectivity index (χ3v) is 4.04. The molecule has 4 heteroatoms. The Morgan fingerprint density at radius 1 is 1.40 bits per heavy atom. The highest BCUT2D eigenvalue weighted by Crippen LogP contribution is 2.21. The highest BCUT2D eigenvalue weighted by Gasteiger charge is 2.17. The molecule has 2 atom stereocenters.